The molecule has 0 bridgehead atoms. The number of aromatic nitrogens is 1. The summed E-state index contributed by atoms with van der Waals surface area (Å²) in [7, 11) is 1.44. The molecule has 1 aromatic heterocycles. The summed E-state index contributed by atoms with van der Waals surface area (Å²) < 4.78 is 10.9. The van der Waals surface area contributed by atoms with Gasteiger partial charge in [0.05, 0.1) is 32.1 Å². The van der Waals surface area contributed by atoms with E-state index >= 15 is 0 Å². The van der Waals surface area contributed by atoms with Crippen molar-refractivity contribution in [3.8, 4) is 0 Å². The Labute approximate surface area is 227 Å². The van der Waals surface area contributed by atoms with Gasteiger partial charge in [0.1, 0.15) is 5.84 Å². The quantitative estimate of drug-likeness (QED) is 0.300. The number of hydrogen-bond acceptors (Lipinski definition) is 9. The van der Waals surface area contributed by atoms with E-state index in [0.29, 0.717) is 25.6 Å². The number of nitrogens with zero attached hydrogens (tertiary/aromatic N) is 4. The fourth-order valence-electron chi connectivity index (χ4n) is 4.65. The maximum atomic E-state index is 12.2. The molecule has 1 aromatic rings. The minimum absolute atomic E-state index is 0.0466. The molecule has 0 radical (unpaired) electrons. The Bertz CT molecular complexity index is 985. The molecule has 0 saturated carbocycles. The van der Waals surface area contributed by atoms with E-state index in [1.165, 1.54) is 7.11 Å². The fourth-order valence-corrected chi connectivity index (χ4v) is 4.65. The van der Waals surface area contributed by atoms with Crippen molar-refractivity contribution in [2.45, 2.75) is 58.9 Å². The van der Waals surface area contributed by atoms with Gasteiger partial charge >= 0.3 is 12.0 Å². The number of pyridine rings is 1. The molecule has 3 unspecified atom stereocenters. The van der Waals surface area contributed by atoms with Crippen molar-refractivity contribution in [1.29, 1.82) is 0 Å². The Hall–Kier alpha value is -3.04. The van der Waals surface area contributed by atoms with Crippen LogP contribution in [0.4, 0.5) is 0 Å². The molecule has 0 spiro atoms. The number of amidine groups is 2. The molecule has 1 aliphatic heterocycles. The third-order valence-corrected chi connectivity index (χ3v) is 6.69. The molecule has 208 valence electrons. The number of carbonyl (C=O) groups excluding carboxylic acids is 1. The van der Waals surface area contributed by atoms with Gasteiger partial charge in [0.25, 0.3) is 0 Å². The van der Waals surface area contributed by atoms with Gasteiger partial charge in [-0.2, -0.15) is 4.99 Å². The number of rotatable bonds is 13. The maximum absolute atomic E-state index is 12.2. The Balaban J connectivity index is 1.68. The van der Waals surface area contributed by atoms with Crippen LogP contribution in [-0.2, 0) is 20.7 Å². The molecule has 1 aliphatic carbocycles. The molecule has 0 aromatic carbocycles. The normalized spacial score (nSPS) is 20.2. The largest absolute Gasteiger partial charge is 0.469 e. The highest BCUT2D eigenvalue weighted by Crippen LogP contribution is 2.20. The zero-order chi connectivity index (χ0) is 27.2. The van der Waals surface area contributed by atoms with E-state index in [1.807, 2.05) is 24.3 Å². The number of allylic oxidation sites excluding steroid dienone is 1. The van der Waals surface area contributed by atoms with Crippen LogP contribution in [0.5, 0.6) is 0 Å². The van der Waals surface area contributed by atoms with Crippen molar-refractivity contribution >= 4 is 17.8 Å². The number of methoxy groups -OCH3 is 1. The van der Waals surface area contributed by atoms with Crippen molar-refractivity contribution in [2.75, 3.05) is 39.9 Å². The third-order valence-electron chi connectivity index (χ3n) is 6.69. The lowest BCUT2D eigenvalue weighted by molar-refractivity contribution is -0.143. The first-order chi connectivity index (χ1) is 18.5. The van der Waals surface area contributed by atoms with Crippen LogP contribution >= 0.6 is 0 Å². The van der Waals surface area contributed by atoms with Gasteiger partial charge in [-0.3, -0.25) is 9.78 Å². The zero-order valence-corrected chi connectivity index (χ0v) is 23.4. The summed E-state index contributed by atoms with van der Waals surface area (Å²) in [5, 5.41) is 0. The van der Waals surface area contributed by atoms with Crippen LogP contribution < -0.4 is 10.9 Å². The molecule has 2 aliphatic rings. The van der Waals surface area contributed by atoms with Gasteiger partial charge in [0.15, 0.2) is 0 Å². The molecular formula is C29H44N6O3. The first kappa shape index (κ1) is 29.5. The van der Waals surface area contributed by atoms with E-state index in [-0.39, 0.29) is 23.8 Å². The summed E-state index contributed by atoms with van der Waals surface area (Å²) in [4.78, 5) is 28.4. The molecule has 2 N–H and O–H groups in total. The van der Waals surface area contributed by atoms with Crippen molar-refractivity contribution < 1.29 is 14.3 Å². The van der Waals surface area contributed by atoms with Crippen LogP contribution in [0.1, 0.15) is 52.1 Å². The van der Waals surface area contributed by atoms with E-state index in [4.69, 9.17) is 14.5 Å². The average molecular weight is 525 g/mol. The topological polar surface area (TPSA) is 100 Å². The van der Waals surface area contributed by atoms with Gasteiger partial charge in [-0.05, 0) is 63.4 Å². The SMILES string of the molecule is CCCN(CCC)CC1CN=C(OCCc2ccccn2)N=C1NNC(C)C1=CC(C(=O)OC)CCC=C1. The van der Waals surface area contributed by atoms with Crippen molar-refractivity contribution in [3.63, 3.8) is 0 Å². The minimum atomic E-state index is -0.239. The molecule has 0 saturated heterocycles. The predicted molar refractivity (Wildman–Crippen MR) is 152 cm³/mol. The number of hydrogen-bond donors (Lipinski definition) is 2. The lowest BCUT2D eigenvalue weighted by Gasteiger charge is -2.30. The second-order valence-electron chi connectivity index (χ2n) is 9.80. The third kappa shape index (κ3) is 9.36. The van der Waals surface area contributed by atoms with Crippen LogP contribution in [0.15, 0.2) is 58.2 Å². The van der Waals surface area contributed by atoms with Gasteiger partial charge in [-0.15, -0.1) is 0 Å². The first-order valence-electron chi connectivity index (χ1n) is 13.9. The number of hydrazine groups is 1. The zero-order valence-electron chi connectivity index (χ0n) is 23.4. The second-order valence-corrected chi connectivity index (χ2v) is 9.80. The predicted octanol–water partition coefficient (Wildman–Crippen LogP) is 3.70. The fraction of sp³-hybridized carbons (Fsp3) is 0.586. The molecule has 9 nitrogen and oxygen atoms in total. The van der Waals surface area contributed by atoms with E-state index < -0.39 is 0 Å². The lowest BCUT2D eigenvalue weighted by atomic mass is 10.0. The highest BCUT2D eigenvalue weighted by atomic mass is 16.5. The number of nitrogens with one attached hydrogen (secondary N) is 2. The molecule has 38 heavy (non-hydrogen) atoms. The molecule has 0 fully saturated rings. The van der Waals surface area contributed by atoms with Crippen LogP contribution in [0.3, 0.4) is 0 Å². The van der Waals surface area contributed by atoms with Crippen molar-refractivity contribution in [2.24, 2.45) is 21.8 Å². The Kier molecular flexibility index (Phi) is 12.5. The number of carbonyl (C=O) groups is 1. The molecule has 9 heteroatoms. The maximum Gasteiger partial charge on any atom is 0.313 e. The van der Waals surface area contributed by atoms with Crippen LogP contribution in [0.2, 0.25) is 0 Å². The van der Waals surface area contributed by atoms with E-state index in [2.05, 4.69) is 58.7 Å². The number of esters is 1. The van der Waals surface area contributed by atoms with E-state index in [0.717, 1.165) is 62.4 Å². The van der Waals surface area contributed by atoms with Gasteiger partial charge in [-0.1, -0.05) is 38.1 Å². The molecule has 2 heterocycles. The Morgan fingerprint density at radius 2 is 2.05 bits per heavy atom. The molecule has 3 rings (SSSR count). The van der Waals surface area contributed by atoms with E-state index in [1.54, 1.807) is 6.20 Å². The number of ether oxygens (including phenoxy) is 2. The summed E-state index contributed by atoms with van der Waals surface area (Å²) in [6.07, 6.45) is 12.5. The van der Waals surface area contributed by atoms with Crippen molar-refractivity contribution in [1.82, 2.24) is 20.7 Å². The van der Waals surface area contributed by atoms with Crippen LogP contribution in [0.25, 0.3) is 0 Å². The highest BCUT2D eigenvalue weighted by Gasteiger charge is 2.25. The summed E-state index contributed by atoms with van der Waals surface area (Å²) in [5.41, 5.74) is 8.81. The molecular weight excluding hydrogens is 480 g/mol. The standard InChI is InChI=1S/C29H44N6O3/c1-5-16-35(17-6-2)21-25-20-31-29(38-18-14-26-13-9-10-15-30-26)32-27(25)34-33-22(3)23-11-7-8-12-24(19-23)28(36)37-4/h7,9-11,13,15,19,22,24-25,33H,5-6,8,12,14,16-18,20-21H2,1-4H3,(H,31,32,34). The monoisotopic (exact) mass is 524 g/mol. The first-order valence-corrected chi connectivity index (χ1v) is 13.9. The lowest BCUT2D eigenvalue weighted by Crippen LogP contribution is -2.50. The smallest absolute Gasteiger partial charge is 0.313 e. The number of aliphatic imine (C=N–C) groups is 2. The van der Waals surface area contributed by atoms with Crippen LogP contribution in [0, 0.1) is 11.8 Å². The molecule has 0 amide bonds. The summed E-state index contributed by atoms with van der Waals surface area (Å²) in [5.74, 6) is 0.507. The van der Waals surface area contributed by atoms with Gasteiger partial charge in [-0.25, -0.2) is 10.4 Å². The van der Waals surface area contributed by atoms with Crippen molar-refractivity contribution in [3.05, 3.63) is 53.9 Å². The molecule has 3 atom stereocenters. The van der Waals surface area contributed by atoms with E-state index in [9.17, 15) is 4.79 Å². The van der Waals surface area contributed by atoms with Crippen LogP contribution in [-0.4, -0.2) is 73.6 Å². The van der Waals surface area contributed by atoms with Gasteiger partial charge in [0.2, 0.25) is 0 Å². The second kappa shape index (κ2) is 16.0. The highest BCUT2D eigenvalue weighted by molar-refractivity contribution is 5.96. The van der Waals surface area contributed by atoms with Gasteiger partial charge in [0, 0.05) is 30.9 Å². The summed E-state index contributed by atoms with van der Waals surface area (Å²) in [6, 6.07) is 6.22. The van der Waals surface area contributed by atoms with Gasteiger partial charge < -0.3 is 19.8 Å². The average Bonchev–Trinajstić information content (AvgIpc) is 3.20. The Morgan fingerprint density at radius 3 is 2.76 bits per heavy atom. The Morgan fingerprint density at radius 1 is 1.24 bits per heavy atom. The summed E-state index contributed by atoms with van der Waals surface area (Å²) >= 11 is 0. The minimum Gasteiger partial charge on any atom is -0.469 e. The summed E-state index contributed by atoms with van der Waals surface area (Å²) in [6.45, 7) is 10.5.